The first-order valence-corrected chi connectivity index (χ1v) is 1.96. The van der Waals surface area contributed by atoms with E-state index in [1.807, 2.05) is 0 Å². The fourth-order valence-electron chi connectivity index (χ4n) is 0.143. The number of hydrogen-bond acceptors (Lipinski definition) is 1. The summed E-state index contributed by atoms with van der Waals surface area (Å²) < 4.78 is 55.4. The monoisotopic (exact) mass is 185 g/mol. The zero-order chi connectivity index (χ0) is 7.65. The maximum absolute atomic E-state index is 11.1. The molecule has 10 heavy (non-hydrogen) atoms. The molecule has 0 aliphatic carbocycles. The van der Waals surface area contributed by atoms with Crippen LogP contribution in [0.3, 0.4) is 0 Å². The van der Waals surface area contributed by atoms with Gasteiger partial charge in [-0.1, -0.05) is 0 Å². The van der Waals surface area contributed by atoms with Gasteiger partial charge in [0.1, 0.15) is 0 Å². The molecule has 0 aromatic heterocycles. The minimum Gasteiger partial charge on any atom is -0.315 e. The highest BCUT2D eigenvalue weighted by Gasteiger charge is 2.42. The molecule has 2 N–H and O–H groups in total. The lowest BCUT2D eigenvalue weighted by atomic mass is 10.3. The lowest BCUT2D eigenvalue weighted by Gasteiger charge is -2.13. The van der Waals surface area contributed by atoms with E-state index in [0.29, 0.717) is 0 Å². The Bertz CT molecular complexity index is 91.4. The van der Waals surface area contributed by atoms with E-state index < -0.39 is 18.6 Å². The van der Waals surface area contributed by atoms with Crippen molar-refractivity contribution in [2.24, 2.45) is 5.73 Å². The first-order chi connectivity index (χ1) is 3.85. The van der Waals surface area contributed by atoms with Crippen LogP contribution in [0.1, 0.15) is 0 Å². The van der Waals surface area contributed by atoms with Gasteiger partial charge in [-0.15, -0.1) is 12.4 Å². The van der Waals surface area contributed by atoms with Gasteiger partial charge in [-0.05, 0) is 0 Å². The third-order valence-corrected chi connectivity index (χ3v) is 0.649. The summed E-state index contributed by atoms with van der Waals surface area (Å²) in [6.07, 6.45) is -8.53. The third-order valence-electron chi connectivity index (χ3n) is 0.649. The second-order valence-electron chi connectivity index (χ2n) is 1.40. The smallest absolute Gasteiger partial charge is 0.315 e. The molecule has 0 unspecified atom stereocenters. The Hall–Kier alpha value is -0.100. The largest absolute Gasteiger partial charge is 0.409 e. The molecular weight excluding hydrogens is 180 g/mol. The molecule has 0 amide bonds. The van der Waals surface area contributed by atoms with Crippen LogP contribution in [0.2, 0.25) is 0 Å². The highest BCUT2D eigenvalue weighted by molar-refractivity contribution is 5.85. The summed E-state index contributed by atoms with van der Waals surface area (Å²) in [5.41, 5.74) is 4.02. The number of hydrogen-bond donors (Lipinski definition) is 1. The van der Waals surface area contributed by atoms with Crippen LogP contribution in [-0.2, 0) is 0 Å². The van der Waals surface area contributed by atoms with Gasteiger partial charge in [-0.2, -0.15) is 13.2 Å². The zero-order valence-electron chi connectivity index (χ0n) is 4.53. The molecule has 7 heteroatoms. The Balaban J connectivity index is 0. The van der Waals surface area contributed by atoms with Crippen molar-refractivity contribution >= 4 is 12.4 Å². The Morgan fingerprint density at radius 1 is 1.10 bits per heavy atom. The van der Waals surface area contributed by atoms with Gasteiger partial charge < -0.3 is 5.73 Å². The van der Waals surface area contributed by atoms with E-state index in [1.54, 1.807) is 0 Å². The van der Waals surface area contributed by atoms with Crippen molar-refractivity contribution in [2.75, 3.05) is 0 Å². The van der Waals surface area contributed by atoms with Gasteiger partial charge in [0.2, 0.25) is 0 Å². The predicted octanol–water partition coefficient (Wildman–Crippen LogP) is 1.56. The molecule has 0 saturated carbocycles. The molecule has 0 aliphatic heterocycles. The molecule has 0 heterocycles. The molecule has 0 aromatic carbocycles. The Kier molecular flexibility index (Phi) is 4.93. The SMILES string of the molecule is Cl.N[C@@H](C(F)F)C(F)(F)F. The Morgan fingerprint density at radius 3 is 1.40 bits per heavy atom. The van der Waals surface area contributed by atoms with Crippen LogP contribution >= 0.6 is 12.4 Å². The van der Waals surface area contributed by atoms with Gasteiger partial charge in [0, 0.05) is 0 Å². The van der Waals surface area contributed by atoms with Crippen LogP contribution in [0, 0.1) is 0 Å². The minimum atomic E-state index is -4.99. The van der Waals surface area contributed by atoms with Crippen molar-refractivity contribution in [3.8, 4) is 0 Å². The van der Waals surface area contributed by atoms with Crippen LogP contribution in [0.5, 0.6) is 0 Å². The van der Waals surface area contributed by atoms with Gasteiger partial charge in [-0.25, -0.2) is 8.78 Å². The quantitative estimate of drug-likeness (QED) is 0.617. The molecule has 0 saturated heterocycles. The molecule has 1 atom stereocenters. The minimum absolute atomic E-state index is 0. The zero-order valence-corrected chi connectivity index (χ0v) is 5.35. The molecule has 64 valence electrons. The first kappa shape index (κ1) is 12.6. The number of halogens is 6. The van der Waals surface area contributed by atoms with Crippen molar-refractivity contribution in [1.29, 1.82) is 0 Å². The lowest BCUT2D eigenvalue weighted by molar-refractivity contribution is -0.174. The molecule has 0 bridgehead atoms. The van der Waals surface area contributed by atoms with E-state index >= 15 is 0 Å². The van der Waals surface area contributed by atoms with Gasteiger partial charge in [0.25, 0.3) is 6.43 Å². The Labute approximate surface area is 59.8 Å². The normalized spacial score (nSPS) is 14.7. The summed E-state index contributed by atoms with van der Waals surface area (Å²) in [7, 11) is 0. The molecular formula is C3H5ClF5N. The summed E-state index contributed by atoms with van der Waals surface area (Å²) in [5.74, 6) is 0. The van der Waals surface area contributed by atoms with Crippen molar-refractivity contribution in [3.05, 3.63) is 0 Å². The predicted molar refractivity (Wildman–Crippen MR) is 27.3 cm³/mol. The fourth-order valence-corrected chi connectivity index (χ4v) is 0.143. The van der Waals surface area contributed by atoms with Crippen molar-refractivity contribution in [3.63, 3.8) is 0 Å². The van der Waals surface area contributed by atoms with Crippen molar-refractivity contribution < 1.29 is 22.0 Å². The molecule has 0 aromatic rings. The summed E-state index contributed by atoms with van der Waals surface area (Å²) in [6.45, 7) is 0. The highest BCUT2D eigenvalue weighted by Crippen LogP contribution is 2.22. The molecule has 0 fully saturated rings. The third kappa shape index (κ3) is 3.84. The molecule has 0 rings (SSSR count). The highest BCUT2D eigenvalue weighted by atomic mass is 35.5. The summed E-state index contributed by atoms with van der Waals surface area (Å²) >= 11 is 0. The van der Waals surface area contributed by atoms with Crippen LogP contribution < -0.4 is 5.73 Å². The average Bonchev–Trinajstić information content (AvgIpc) is 1.62. The number of nitrogens with two attached hydrogens (primary N) is 1. The molecule has 1 nitrogen and oxygen atoms in total. The topological polar surface area (TPSA) is 26.0 Å². The van der Waals surface area contributed by atoms with Crippen LogP contribution in [0.15, 0.2) is 0 Å². The van der Waals surface area contributed by atoms with Crippen molar-refractivity contribution in [2.45, 2.75) is 18.6 Å². The van der Waals surface area contributed by atoms with Gasteiger partial charge >= 0.3 is 6.18 Å². The number of alkyl halides is 5. The Morgan fingerprint density at radius 2 is 1.40 bits per heavy atom. The van der Waals surface area contributed by atoms with E-state index in [-0.39, 0.29) is 12.4 Å². The van der Waals surface area contributed by atoms with Crippen LogP contribution in [0.25, 0.3) is 0 Å². The van der Waals surface area contributed by atoms with Crippen LogP contribution in [-0.4, -0.2) is 18.6 Å². The van der Waals surface area contributed by atoms with Gasteiger partial charge in [0.05, 0.1) is 0 Å². The van der Waals surface area contributed by atoms with E-state index in [0.717, 1.165) is 0 Å². The maximum atomic E-state index is 11.1. The fraction of sp³-hybridized carbons (Fsp3) is 1.00. The molecule has 0 radical (unpaired) electrons. The number of rotatable bonds is 1. The van der Waals surface area contributed by atoms with E-state index in [9.17, 15) is 22.0 Å². The summed E-state index contributed by atoms with van der Waals surface area (Å²) in [5, 5.41) is 0. The summed E-state index contributed by atoms with van der Waals surface area (Å²) in [6, 6.07) is -3.02. The van der Waals surface area contributed by atoms with E-state index in [4.69, 9.17) is 0 Å². The van der Waals surface area contributed by atoms with E-state index in [2.05, 4.69) is 5.73 Å². The second-order valence-corrected chi connectivity index (χ2v) is 1.40. The molecule has 0 aliphatic rings. The molecule has 0 spiro atoms. The van der Waals surface area contributed by atoms with Gasteiger partial charge in [0.15, 0.2) is 6.04 Å². The lowest BCUT2D eigenvalue weighted by Crippen LogP contribution is -2.43. The summed E-state index contributed by atoms with van der Waals surface area (Å²) in [4.78, 5) is 0. The second kappa shape index (κ2) is 3.92. The van der Waals surface area contributed by atoms with E-state index in [1.165, 1.54) is 0 Å². The average molecular weight is 186 g/mol. The standard InChI is InChI=1S/C3H4F5N.ClH/c4-2(5)1(9)3(6,7)8;/h1-2H,9H2;1H/t1-;/m0./s1. The van der Waals surface area contributed by atoms with Crippen LogP contribution in [0.4, 0.5) is 22.0 Å². The van der Waals surface area contributed by atoms with Crippen molar-refractivity contribution in [1.82, 2.24) is 0 Å². The first-order valence-electron chi connectivity index (χ1n) is 1.96. The maximum Gasteiger partial charge on any atom is 0.409 e. The van der Waals surface area contributed by atoms with Gasteiger partial charge in [-0.3, -0.25) is 0 Å².